The van der Waals surface area contributed by atoms with Gasteiger partial charge in [-0.1, -0.05) is 49.6 Å². The van der Waals surface area contributed by atoms with Crippen molar-refractivity contribution in [2.24, 2.45) is 0 Å². The molecular weight excluding hydrogens is 324 g/mol. The van der Waals surface area contributed by atoms with Crippen molar-refractivity contribution in [3.8, 4) is 11.5 Å². The average Bonchev–Trinajstić information content (AvgIpc) is 2.68. The first-order valence-electron chi connectivity index (χ1n) is 8.88. The van der Waals surface area contributed by atoms with E-state index >= 15 is 0 Å². The lowest BCUT2D eigenvalue weighted by Gasteiger charge is -2.07. The molecule has 2 rings (SSSR count). The van der Waals surface area contributed by atoms with E-state index in [4.69, 9.17) is 9.47 Å². The highest BCUT2D eigenvalue weighted by molar-refractivity contribution is 5.78. The molecule has 0 aliphatic heterocycles. The molecule has 26 heavy (non-hydrogen) atoms. The standard InChI is InChI=1S/C23H26O3/c1-3-15-25-22-9-5-7-19(17-22)11-13-21(24)14-12-20-8-6-10-23(18-20)26-16-4-2/h3-10,17-18H,1-2,11-16H2. The Morgan fingerprint density at radius 3 is 1.69 bits per heavy atom. The molecule has 0 aliphatic rings. The first-order chi connectivity index (χ1) is 12.7. The summed E-state index contributed by atoms with van der Waals surface area (Å²) in [6.07, 6.45) is 5.97. The van der Waals surface area contributed by atoms with Crippen molar-refractivity contribution in [2.45, 2.75) is 25.7 Å². The van der Waals surface area contributed by atoms with Crippen LogP contribution in [0, 0.1) is 0 Å². The van der Waals surface area contributed by atoms with E-state index in [9.17, 15) is 4.79 Å². The van der Waals surface area contributed by atoms with Gasteiger partial charge in [-0.15, -0.1) is 0 Å². The second-order valence-electron chi connectivity index (χ2n) is 6.03. The Bertz CT molecular complexity index is 672. The normalized spacial score (nSPS) is 10.2. The van der Waals surface area contributed by atoms with Crippen LogP contribution in [0.25, 0.3) is 0 Å². The van der Waals surface area contributed by atoms with Gasteiger partial charge in [0.15, 0.2) is 0 Å². The van der Waals surface area contributed by atoms with E-state index in [0.29, 0.717) is 26.1 Å². The van der Waals surface area contributed by atoms with Gasteiger partial charge in [-0.25, -0.2) is 0 Å². The Hall–Kier alpha value is -2.81. The van der Waals surface area contributed by atoms with Crippen LogP contribution in [0.15, 0.2) is 73.8 Å². The number of carbonyl (C=O) groups excluding carboxylic acids is 1. The first kappa shape index (κ1) is 19.5. The van der Waals surface area contributed by atoms with Gasteiger partial charge in [-0.05, 0) is 48.2 Å². The van der Waals surface area contributed by atoms with Crippen LogP contribution in [-0.2, 0) is 17.6 Å². The number of Topliss-reactive ketones (excluding diaryl/α,β-unsaturated/α-hetero) is 1. The van der Waals surface area contributed by atoms with Crippen molar-refractivity contribution in [2.75, 3.05) is 13.2 Å². The first-order valence-corrected chi connectivity index (χ1v) is 8.88. The summed E-state index contributed by atoms with van der Waals surface area (Å²) in [5.74, 6) is 1.89. The number of carbonyl (C=O) groups is 1. The molecule has 0 saturated heterocycles. The lowest BCUT2D eigenvalue weighted by atomic mass is 10.0. The summed E-state index contributed by atoms with van der Waals surface area (Å²) >= 11 is 0. The minimum Gasteiger partial charge on any atom is -0.490 e. The number of ketones is 1. The van der Waals surface area contributed by atoms with Crippen LogP contribution < -0.4 is 9.47 Å². The highest BCUT2D eigenvalue weighted by Crippen LogP contribution is 2.17. The molecule has 3 heteroatoms. The third-order valence-electron chi connectivity index (χ3n) is 3.92. The molecule has 2 aromatic carbocycles. The Labute approximate surface area is 156 Å². The van der Waals surface area contributed by atoms with Crippen LogP contribution in [0.3, 0.4) is 0 Å². The van der Waals surface area contributed by atoms with Crippen LogP contribution in [0.5, 0.6) is 11.5 Å². The van der Waals surface area contributed by atoms with Crippen molar-refractivity contribution >= 4 is 5.78 Å². The Kier molecular flexibility index (Phi) is 8.20. The fraction of sp³-hybridized carbons (Fsp3) is 0.261. The molecule has 0 unspecified atom stereocenters. The van der Waals surface area contributed by atoms with Crippen molar-refractivity contribution in [1.82, 2.24) is 0 Å². The van der Waals surface area contributed by atoms with Gasteiger partial charge in [0.2, 0.25) is 0 Å². The van der Waals surface area contributed by atoms with Gasteiger partial charge in [0.05, 0.1) is 0 Å². The molecule has 0 aromatic heterocycles. The Morgan fingerprint density at radius 2 is 1.27 bits per heavy atom. The third kappa shape index (κ3) is 6.98. The molecule has 0 saturated carbocycles. The molecule has 0 spiro atoms. The molecule has 0 N–H and O–H groups in total. The number of rotatable bonds is 12. The maximum Gasteiger partial charge on any atom is 0.133 e. The van der Waals surface area contributed by atoms with Crippen LogP contribution in [0.1, 0.15) is 24.0 Å². The summed E-state index contributed by atoms with van der Waals surface area (Å²) in [6, 6.07) is 15.7. The molecule has 136 valence electrons. The van der Waals surface area contributed by atoms with Crippen LogP contribution in [0.4, 0.5) is 0 Å². The van der Waals surface area contributed by atoms with E-state index in [1.807, 2.05) is 48.5 Å². The highest BCUT2D eigenvalue weighted by Gasteiger charge is 2.05. The minimum absolute atomic E-state index is 0.264. The maximum atomic E-state index is 12.2. The largest absolute Gasteiger partial charge is 0.490 e. The zero-order valence-electron chi connectivity index (χ0n) is 15.2. The molecule has 2 aromatic rings. The SMILES string of the molecule is C=CCOc1cccc(CCC(=O)CCc2cccc(OCC=C)c2)c1. The summed E-state index contributed by atoms with van der Waals surface area (Å²) in [4.78, 5) is 12.2. The number of benzene rings is 2. The van der Waals surface area contributed by atoms with Crippen molar-refractivity contribution in [1.29, 1.82) is 0 Å². The second kappa shape index (κ2) is 10.9. The summed E-state index contributed by atoms with van der Waals surface area (Å²) in [6.45, 7) is 8.25. The molecule has 0 amide bonds. The molecule has 0 atom stereocenters. The van der Waals surface area contributed by atoms with Gasteiger partial charge in [-0.3, -0.25) is 4.79 Å². The second-order valence-corrected chi connectivity index (χ2v) is 6.03. The Balaban J connectivity index is 1.78. The lowest BCUT2D eigenvalue weighted by Crippen LogP contribution is -2.03. The molecule has 0 fully saturated rings. The smallest absolute Gasteiger partial charge is 0.133 e. The van der Waals surface area contributed by atoms with Gasteiger partial charge in [0.25, 0.3) is 0 Å². The quantitative estimate of drug-likeness (QED) is 0.508. The van der Waals surface area contributed by atoms with E-state index in [2.05, 4.69) is 13.2 Å². The fourth-order valence-corrected chi connectivity index (χ4v) is 2.58. The highest BCUT2D eigenvalue weighted by atomic mass is 16.5. The summed E-state index contributed by atoms with van der Waals surface area (Å²) in [5, 5.41) is 0. The zero-order chi connectivity index (χ0) is 18.6. The topological polar surface area (TPSA) is 35.5 Å². The molecule has 0 aliphatic carbocycles. The summed E-state index contributed by atoms with van der Waals surface area (Å²) in [5.41, 5.74) is 2.22. The maximum absolute atomic E-state index is 12.2. The van der Waals surface area contributed by atoms with Crippen LogP contribution >= 0.6 is 0 Å². The minimum atomic E-state index is 0.264. The number of hydrogen-bond donors (Lipinski definition) is 0. The van der Waals surface area contributed by atoms with Crippen molar-refractivity contribution in [3.05, 3.63) is 85.0 Å². The van der Waals surface area contributed by atoms with Gasteiger partial charge in [0.1, 0.15) is 30.5 Å². The molecular formula is C23H26O3. The van der Waals surface area contributed by atoms with E-state index in [0.717, 1.165) is 35.5 Å². The van der Waals surface area contributed by atoms with E-state index < -0.39 is 0 Å². The number of ether oxygens (including phenoxy) is 2. The van der Waals surface area contributed by atoms with E-state index in [1.165, 1.54) is 0 Å². The van der Waals surface area contributed by atoms with E-state index in [1.54, 1.807) is 12.2 Å². The number of aryl methyl sites for hydroxylation is 2. The predicted octanol–water partition coefficient (Wildman–Crippen LogP) is 4.95. The predicted molar refractivity (Wildman–Crippen MR) is 106 cm³/mol. The summed E-state index contributed by atoms with van der Waals surface area (Å²) < 4.78 is 11.1. The van der Waals surface area contributed by atoms with Gasteiger partial charge in [0, 0.05) is 12.8 Å². The van der Waals surface area contributed by atoms with E-state index in [-0.39, 0.29) is 5.78 Å². The Morgan fingerprint density at radius 1 is 0.808 bits per heavy atom. The van der Waals surface area contributed by atoms with Gasteiger partial charge in [-0.2, -0.15) is 0 Å². The lowest BCUT2D eigenvalue weighted by molar-refractivity contribution is -0.119. The van der Waals surface area contributed by atoms with Crippen molar-refractivity contribution in [3.63, 3.8) is 0 Å². The average molecular weight is 350 g/mol. The van der Waals surface area contributed by atoms with Crippen LogP contribution in [0.2, 0.25) is 0 Å². The van der Waals surface area contributed by atoms with Gasteiger partial charge >= 0.3 is 0 Å². The molecule has 3 nitrogen and oxygen atoms in total. The molecule has 0 bridgehead atoms. The van der Waals surface area contributed by atoms with Crippen molar-refractivity contribution < 1.29 is 14.3 Å². The number of hydrogen-bond acceptors (Lipinski definition) is 3. The molecule has 0 heterocycles. The fourth-order valence-electron chi connectivity index (χ4n) is 2.58. The zero-order valence-corrected chi connectivity index (χ0v) is 15.2. The van der Waals surface area contributed by atoms with Crippen LogP contribution in [-0.4, -0.2) is 19.0 Å². The molecule has 0 radical (unpaired) electrons. The van der Waals surface area contributed by atoms with Gasteiger partial charge < -0.3 is 9.47 Å². The third-order valence-corrected chi connectivity index (χ3v) is 3.92. The monoisotopic (exact) mass is 350 g/mol. The summed E-state index contributed by atoms with van der Waals surface area (Å²) in [7, 11) is 0.